The van der Waals surface area contributed by atoms with E-state index in [9.17, 15) is 14.7 Å². The van der Waals surface area contributed by atoms with Crippen molar-refractivity contribution < 1.29 is 19.4 Å². The van der Waals surface area contributed by atoms with E-state index < -0.39 is 5.97 Å². The van der Waals surface area contributed by atoms with Crippen molar-refractivity contribution in [1.82, 2.24) is 19.4 Å². The second-order valence-corrected chi connectivity index (χ2v) is 8.55. The van der Waals surface area contributed by atoms with Crippen molar-refractivity contribution in [2.24, 2.45) is 0 Å². The summed E-state index contributed by atoms with van der Waals surface area (Å²) < 4.78 is 8.98. The van der Waals surface area contributed by atoms with Gasteiger partial charge in [-0.05, 0) is 64.4 Å². The van der Waals surface area contributed by atoms with Crippen LogP contribution in [-0.2, 0) is 4.79 Å². The summed E-state index contributed by atoms with van der Waals surface area (Å²) >= 11 is 0. The Kier molecular flexibility index (Phi) is 4.20. The van der Waals surface area contributed by atoms with Crippen molar-refractivity contribution >= 4 is 22.9 Å². The fourth-order valence-electron chi connectivity index (χ4n) is 3.22. The van der Waals surface area contributed by atoms with Crippen LogP contribution in [0.3, 0.4) is 0 Å². The number of hydrogen-bond acceptors (Lipinski definition) is 4. The third-order valence-corrected chi connectivity index (χ3v) is 4.70. The molecule has 4 aromatic rings. The summed E-state index contributed by atoms with van der Waals surface area (Å²) in [5.74, 6) is -0.434. The Balaban J connectivity index is 1.67. The van der Waals surface area contributed by atoms with E-state index in [0.717, 1.165) is 11.0 Å². The highest BCUT2D eigenvalue weighted by Crippen LogP contribution is 2.35. The number of nitrogens with zero attached hydrogens (tertiary/aromatic N) is 3. The number of amides is 1. The molecule has 8 nitrogen and oxygen atoms in total. The number of carbonyl (C=O) groups is 2. The molecule has 2 heterocycles. The Morgan fingerprint density at radius 1 is 1.10 bits per heavy atom. The van der Waals surface area contributed by atoms with E-state index in [4.69, 9.17) is 4.74 Å². The normalized spacial score (nSPS) is 12.0. The van der Waals surface area contributed by atoms with Crippen LogP contribution < -0.4 is 10.1 Å². The first-order valence-corrected chi connectivity index (χ1v) is 9.56. The lowest BCUT2D eigenvalue weighted by Gasteiger charge is -2.20. The number of aromatic hydroxyl groups is 1. The number of ether oxygens (including phenoxy) is 1. The highest BCUT2D eigenvalue weighted by atomic mass is 16.5. The maximum Gasteiger partial charge on any atom is 0.338 e. The zero-order valence-electron chi connectivity index (χ0n) is 17.6. The van der Waals surface area contributed by atoms with Crippen molar-refractivity contribution in [1.29, 1.82) is 0 Å². The van der Waals surface area contributed by atoms with Gasteiger partial charge in [0.2, 0.25) is 0 Å². The van der Waals surface area contributed by atoms with Gasteiger partial charge in [-0.2, -0.15) is 0 Å². The van der Waals surface area contributed by atoms with Gasteiger partial charge in [-0.3, -0.25) is 4.79 Å². The molecule has 0 saturated carbocycles. The van der Waals surface area contributed by atoms with E-state index >= 15 is 0 Å². The quantitative estimate of drug-likeness (QED) is 0.308. The zero-order chi connectivity index (χ0) is 22.0. The van der Waals surface area contributed by atoms with Gasteiger partial charge in [0, 0.05) is 22.7 Å². The molecule has 0 atom stereocenters. The third-order valence-electron chi connectivity index (χ3n) is 4.70. The number of benzene rings is 2. The molecule has 156 valence electrons. The van der Waals surface area contributed by atoms with Gasteiger partial charge in [0.05, 0.1) is 0 Å². The van der Waals surface area contributed by atoms with Crippen LogP contribution in [0.25, 0.3) is 16.7 Å². The Morgan fingerprint density at radius 2 is 1.77 bits per heavy atom. The maximum absolute atomic E-state index is 12.4. The van der Waals surface area contributed by atoms with Crippen LogP contribution in [0, 0.1) is 6.92 Å². The average Bonchev–Trinajstić information content (AvgIpc) is 3.29. The van der Waals surface area contributed by atoms with Crippen LogP contribution >= 0.6 is 0 Å². The van der Waals surface area contributed by atoms with Crippen molar-refractivity contribution in [3.05, 3.63) is 53.6 Å². The van der Waals surface area contributed by atoms with Crippen molar-refractivity contribution in [3.63, 3.8) is 0 Å². The van der Waals surface area contributed by atoms with E-state index in [1.54, 1.807) is 30.8 Å². The van der Waals surface area contributed by atoms with Gasteiger partial charge in [-0.15, -0.1) is 14.1 Å². The van der Waals surface area contributed by atoms with Crippen molar-refractivity contribution in [3.8, 4) is 17.2 Å². The molecule has 0 saturated heterocycles. The van der Waals surface area contributed by atoms with Gasteiger partial charge < -0.3 is 15.2 Å². The van der Waals surface area contributed by atoms with E-state index in [1.807, 2.05) is 42.2 Å². The van der Waals surface area contributed by atoms with E-state index in [2.05, 4.69) is 11.9 Å². The first-order chi connectivity index (χ1) is 14.0. The minimum absolute atomic E-state index is 0.0314. The Bertz CT molecular complexity index is 1310. The molecule has 0 spiro atoms. The number of aryl methyl sites for hydroxylation is 1. The van der Waals surface area contributed by atoms with E-state index in [1.165, 1.54) is 6.07 Å². The van der Waals surface area contributed by atoms with Crippen LogP contribution in [0.1, 0.15) is 43.6 Å². The maximum atomic E-state index is 12.4. The molecule has 30 heavy (non-hydrogen) atoms. The molecule has 1 amide bonds. The fraction of sp³-hybridized carbons (Fsp3) is 0.273. The molecule has 0 aliphatic rings. The molecule has 2 N–H and O–H groups in total. The molecule has 0 bridgehead atoms. The van der Waals surface area contributed by atoms with Crippen molar-refractivity contribution in [2.75, 3.05) is 0 Å². The highest BCUT2D eigenvalue weighted by Gasteiger charge is 2.28. The first-order valence-electron chi connectivity index (χ1n) is 9.56. The molecule has 0 aliphatic carbocycles. The molecule has 4 rings (SSSR count). The molecule has 0 radical (unpaired) electrons. The molecule has 0 unspecified atom stereocenters. The smallest absolute Gasteiger partial charge is 0.338 e. The molecule has 0 aliphatic heterocycles. The predicted octanol–water partition coefficient (Wildman–Crippen LogP) is 3.44. The Labute approximate surface area is 173 Å². The second-order valence-electron chi connectivity index (χ2n) is 8.55. The highest BCUT2D eigenvalue weighted by molar-refractivity contribution is 5.98. The van der Waals surface area contributed by atoms with Gasteiger partial charge in [-0.25, -0.2) is 4.79 Å². The SMILES string of the molecule is C=C(C)C(=O)Oc1cc(O)c(-n2n3c4ccc(C(=O)NC(C)(C)C)cc4n23)cc1C. The van der Waals surface area contributed by atoms with Gasteiger partial charge in [0.1, 0.15) is 28.2 Å². The molecular weight excluding hydrogens is 384 g/mol. The number of fused-ring (bicyclic) bond motifs is 4. The Morgan fingerprint density at radius 3 is 2.40 bits per heavy atom. The summed E-state index contributed by atoms with van der Waals surface area (Å²) in [5.41, 5.74) is 3.55. The minimum Gasteiger partial charge on any atom is -0.505 e. The number of hydrogen-bond donors (Lipinski definition) is 2. The minimum atomic E-state index is -0.544. The fourth-order valence-corrected chi connectivity index (χ4v) is 3.22. The van der Waals surface area contributed by atoms with E-state index in [-0.39, 0.29) is 28.5 Å². The first kappa shape index (κ1) is 19.6. The summed E-state index contributed by atoms with van der Waals surface area (Å²) in [6.07, 6.45) is 0. The molecule has 2 aromatic heterocycles. The number of nitrogens with one attached hydrogen (secondary N) is 1. The summed E-state index contributed by atoms with van der Waals surface area (Å²) in [6.45, 7) is 12.7. The largest absolute Gasteiger partial charge is 0.505 e. The predicted molar refractivity (Wildman–Crippen MR) is 113 cm³/mol. The van der Waals surface area contributed by atoms with Gasteiger partial charge in [0.25, 0.3) is 5.91 Å². The number of rotatable bonds is 4. The summed E-state index contributed by atoms with van der Waals surface area (Å²) in [7, 11) is 0. The number of esters is 1. The number of phenols is 1. The van der Waals surface area contributed by atoms with Crippen molar-refractivity contribution in [2.45, 2.75) is 40.2 Å². The second kappa shape index (κ2) is 6.41. The third kappa shape index (κ3) is 3.20. The number of aromatic nitrogens is 3. The molecule has 8 heteroatoms. The van der Waals surface area contributed by atoms with E-state index in [0.29, 0.717) is 16.8 Å². The van der Waals surface area contributed by atoms with Gasteiger partial charge in [0.15, 0.2) is 0 Å². The lowest BCUT2D eigenvalue weighted by molar-refractivity contribution is -0.130. The standard InChI is InChI=1S/C22H24N4O4/c1-12(2)21(29)30-19-11-18(27)17(9-13(19)3)26-24-15-8-7-14(10-16(15)25(24)26)20(28)23-22(4,5)6/h7-11,27H,1H2,2-6H3,(H,23,28). The summed E-state index contributed by atoms with van der Waals surface area (Å²) in [4.78, 5) is 26.0. The molecular formula is C22H24N4O4. The summed E-state index contributed by atoms with van der Waals surface area (Å²) in [5, 5.41) is 13.5. The zero-order valence-corrected chi connectivity index (χ0v) is 17.6. The molecule has 2 aromatic carbocycles. The monoisotopic (exact) mass is 408 g/mol. The summed E-state index contributed by atoms with van der Waals surface area (Å²) in [6, 6.07) is 8.62. The lowest BCUT2D eigenvalue weighted by Crippen LogP contribution is -2.40. The van der Waals surface area contributed by atoms with Crippen LogP contribution in [-0.4, -0.2) is 36.6 Å². The average molecular weight is 408 g/mol. The van der Waals surface area contributed by atoms with Crippen LogP contribution in [0.4, 0.5) is 0 Å². The van der Waals surface area contributed by atoms with Crippen LogP contribution in [0.15, 0.2) is 42.5 Å². The number of phenolic OH excluding ortho intramolecular Hbond substituents is 1. The van der Waals surface area contributed by atoms with Crippen LogP contribution in [0.2, 0.25) is 0 Å². The lowest BCUT2D eigenvalue weighted by atomic mass is 10.1. The number of carbonyl (C=O) groups excluding carboxylic acids is 2. The topological polar surface area (TPSA) is 89.4 Å². The van der Waals surface area contributed by atoms with Crippen LogP contribution in [0.5, 0.6) is 11.5 Å². The van der Waals surface area contributed by atoms with Gasteiger partial charge in [-0.1, -0.05) is 6.58 Å². The van der Waals surface area contributed by atoms with Gasteiger partial charge >= 0.3 is 5.97 Å². The Hall–Kier alpha value is -3.68. The molecule has 0 fully saturated rings.